The van der Waals surface area contributed by atoms with Gasteiger partial charge in [-0.1, -0.05) is 18.2 Å². The van der Waals surface area contributed by atoms with Gasteiger partial charge in [0.2, 0.25) is 5.91 Å². The molecule has 0 saturated heterocycles. The van der Waals surface area contributed by atoms with E-state index in [0.29, 0.717) is 41.2 Å². The highest BCUT2D eigenvalue weighted by Crippen LogP contribution is 2.27. The van der Waals surface area contributed by atoms with Crippen LogP contribution in [0.5, 0.6) is 11.5 Å². The Hall–Kier alpha value is -3.35. The molecule has 0 aliphatic carbocycles. The first-order chi connectivity index (χ1) is 13.5. The number of nitrogens with zero attached hydrogens (tertiary/aromatic N) is 2. The summed E-state index contributed by atoms with van der Waals surface area (Å²) in [7, 11) is 3.17. The van der Waals surface area contributed by atoms with Crippen LogP contribution in [0, 0.1) is 6.92 Å². The summed E-state index contributed by atoms with van der Waals surface area (Å²) in [6.45, 7) is 2.11. The van der Waals surface area contributed by atoms with Gasteiger partial charge in [0.05, 0.1) is 25.1 Å². The van der Waals surface area contributed by atoms with Gasteiger partial charge in [0, 0.05) is 6.54 Å². The normalized spacial score (nSPS) is 10.7. The first kappa shape index (κ1) is 19.4. The van der Waals surface area contributed by atoms with Gasteiger partial charge in [-0.25, -0.2) is 4.98 Å². The van der Waals surface area contributed by atoms with Crippen LogP contribution in [-0.2, 0) is 17.8 Å². The van der Waals surface area contributed by atoms with Gasteiger partial charge in [-0.05, 0) is 43.2 Å². The first-order valence-electron chi connectivity index (χ1n) is 8.97. The predicted molar refractivity (Wildman–Crippen MR) is 107 cm³/mol. The number of amides is 1. The second-order valence-electron chi connectivity index (χ2n) is 6.36. The number of benzene rings is 2. The maximum atomic E-state index is 12.6. The van der Waals surface area contributed by atoms with Crippen LogP contribution < -0.4 is 20.3 Å². The molecule has 28 heavy (non-hydrogen) atoms. The minimum absolute atomic E-state index is 0.0611. The highest BCUT2D eigenvalue weighted by Gasteiger charge is 2.11. The number of carbonyl (C=O) groups is 1. The predicted octanol–water partition coefficient (Wildman–Crippen LogP) is 2.08. The number of nitrogens with one attached hydrogen (secondary N) is 1. The monoisotopic (exact) mass is 381 g/mol. The Morgan fingerprint density at radius 1 is 1.11 bits per heavy atom. The van der Waals surface area contributed by atoms with E-state index in [1.807, 2.05) is 24.3 Å². The third-order valence-corrected chi connectivity index (χ3v) is 4.54. The molecule has 0 aliphatic rings. The second kappa shape index (κ2) is 8.56. The lowest BCUT2D eigenvalue weighted by Gasteiger charge is -2.12. The Morgan fingerprint density at radius 3 is 2.61 bits per heavy atom. The van der Waals surface area contributed by atoms with Crippen LogP contribution in [0.15, 0.2) is 47.3 Å². The molecule has 3 aromatic rings. The van der Waals surface area contributed by atoms with Gasteiger partial charge in [-0.15, -0.1) is 0 Å². The number of aryl methyl sites for hydroxylation is 1. The minimum Gasteiger partial charge on any atom is -0.493 e. The standard InChI is InChI=1S/C21H23N3O4/c1-14-23-17-7-5-4-6-16(17)21(26)24(14)13-20(25)22-11-10-15-8-9-18(27-2)19(12-15)28-3/h4-9,12H,10-11,13H2,1-3H3,(H,22,25). The summed E-state index contributed by atoms with van der Waals surface area (Å²) in [4.78, 5) is 29.4. The lowest BCUT2D eigenvalue weighted by molar-refractivity contribution is -0.121. The minimum atomic E-state index is -0.234. The van der Waals surface area contributed by atoms with E-state index in [9.17, 15) is 9.59 Å². The van der Waals surface area contributed by atoms with E-state index in [1.165, 1.54) is 4.57 Å². The molecule has 0 radical (unpaired) electrons. The van der Waals surface area contributed by atoms with Gasteiger partial charge in [0.25, 0.3) is 5.56 Å². The van der Waals surface area contributed by atoms with Crippen molar-refractivity contribution in [2.75, 3.05) is 20.8 Å². The van der Waals surface area contributed by atoms with Crippen LogP contribution in [-0.4, -0.2) is 36.2 Å². The van der Waals surface area contributed by atoms with Crippen LogP contribution in [0.1, 0.15) is 11.4 Å². The average molecular weight is 381 g/mol. The van der Waals surface area contributed by atoms with Crippen LogP contribution in [0.2, 0.25) is 0 Å². The van der Waals surface area contributed by atoms with Crippen LogP contribution in [0.4, 0.5) is 0 Å². The zero-order chi connectivity index (χ0) is 20.1. The quantitative estimate of drug-likeness (QED) is 0.678. The van der Waals surface area contributed by atoms with E-state index in [2.05, 4.69) is 10.3 Å². The van der Waals surface area contributed by atoms with E-state index >= 15 is 0 Å². The number of rotatable bonds is 7. The lowest BCUT2D eigenvalue weighted by Crippen LogP contribution is -2.34. The number of para-hydroxylation sites is 1. The summed E-state index contributed by atoms with van der Waals surface area (Å²) in [6.07, 6.45) is 0.635. The third kappa shape index (κ3) is 4.14. The van der Waals surface area contributed by atoms with Gasteiger partial charge in [-0.3, -0.25) is 14.2 Å². The first-order valence-corrected chi connectivity index (χ1v) is 8.97. The van der Waals surface area contributed by atoms with Crippen molar-refractivity contribution in [3.63, 3.8) is 0 Å². The fourth-order valence-electron chi connectivity index (χ4n) is 3.05. The van der Waals surface area contributed by atoms with Crippen molar-refractivity contribution in [3.8, 4) is 11.5 Å². The van der Waals surface area contributed by atoms with Crippen molar-refractivity contribution in [1.82, 2.24) is 14.9 Å². The fourth-order valence-corrected chi connectivity index (χ4v) is 3.05. The summed E-state index contributed by atoms with van der Waals surface area (Å²) in [5.41, 5.74) is 1.44. The molecule has 1 N–H and O–H groups in total. The number of fused-ring (bicyclic) bond motifs is 1. The van der Waals surface area contributed by atoms with E-state index in [-0.39, 0.29) is 18.0 Å². The second-order valence-corrected chi connectivity index (χ2v) is 6.36. The Morgan fingerprint density at radius 2 is 1.86 bits per heavy atom. The smallest absolute Gasteiger partial charge is 0.261 e. The fraction of sp³-hybridized carbons (Fsp3) is 0.286. The van der Waals surface area contributed by atoms with E-state index in [4.69, 9.17) is 9.47 Å². The number of aromatic nitrogens is 2. The molecular formula is C21H23N3O4. The highest BCUT2D eigenvalue weighted by molar-refractivity contribution is 5.79. The van der Waals surface area contributed by atoms with Crippen LogP contribution in [0.3, 0.4) is 0 Å². The van der Waals surface area contributed by atoms with Gasteiger partial charge in [-0.2, -0.15) is 0 Å². The summed E-state index contributed by atoms with van der Waals surface area (Å²) in [5.74, 6) is 1.59. The number of methoxy groups -OCH3 is 2. The topological polar surface area (TPSA) is 82.5 Å². The van der Waals surface area contributed by atoms with E-state index in [1.54, 1.807) is 39.3 Å². The summed E-state index contributed by atoms with van der Waals surface area (Å²) >= 11 is 0. The molecule has 0 aliphatic heterocycles. The lowest BCUT2D eigenvalue weighted by atomic mass is 10.1. The SMILES string of the molecule is COc1ccc(CCNC(=O)Cn2c(C)nc3ccccc3c2=O)cc1OC. The number of hydrogen-bond acceptors (Lipinski definition) is 5. The van der Waals surface area contributed by atoms with Crippen LogP contribution in [0.25, 0.3) is 10.9 Å². The molecule has 1 aromatic heterocycles. The highest BCUT2D eigenvalue weighted by atomic mass is 16.5. The summed E-state index contributed by atoms with van der Waals surface area (Å²) in [6, 6.07) is 12.8. The van der Waals surface area contributed by atoms with Crippen molar-refractivity contribution in [2.24, 2.45) is 0 Å². The molecule has 2 aromatic carbocycles. The molecule has 3 rings (SSSR count). The van der Waals surface area contributed by atoms with Crippen molar-refractivity contribution < 1.29 is 14.3 Å². The third-order valence-electron chi connectivity index (χ3n) is 4.54. The largest absolute Gasteiger partial charge is 0.493 e. The molecule has 0 bridgehead atoms. The molecule has 1 heterocycles. The molecule has 0 saturated carbocycles. The summed E-state index contributed by atoms with van der Waals surface area (Å²) in [5, 5.41) is 3.36. The number of ether oxygens (including phenoxy) is 2. The van der Waals surface area contributed by atoms with Gasteiger partial charge in [0.1, 0.15) is 12.4 Å². The maximum absolute atomic E-state index is 12.6. The van der Waals surface area contributed by atoms with Crippen molar-refractivity contribution in [3.05, 3.63) is 64.2 Å². The molecule has 1 amide bonds. The number of hydrogen-bond donors (Lipinski definition) is 1. The Labute approximate surface area is 162 Å². The molecule has 0 atom stereocenters. The van der Waals surface area contributed by atoms with Crippen molar-refractivity contribution in [1.29, 1.82) is 0 Å². The zero-order valence-electron chi connectivity index (χ0n) is 16.2. The Kier molecular flexibility index (Phi) is 5.93. The zero-order valence-corrected chi connectivity index (χ0v) is 16.2. The molecule has 7 heteroatoms. The van der Waals surface area contributed by atoms with Gasteiger partial charge < -0.3 is 14.8 Å². The summed E-state index contributed by atoms with van der Waals surface area (Å²) < 4.78 is 11.9. The molecule has 7 nitrogen and oxygen atoms in total. The van der Waals surface area contributed by atoms with Crippen LogP contribution >= 0.6 is 0 Å². The van der Waals surface area contributed by atoms with E-state index < -0.39 is 0 Å². The van der Waals surface area contributed by atoms with Gasteiger partial charge in [0.15, 0.2) is 11.5 Å². The number of carbonyl (C=O) groups excluding carboxylic acids is 1. The molecule has 146 valence electrons. The molecular weight excluding hydrogens is 358 g/mol. The Bertz CT molecular complexity index is 1060. The van der Waals surface area contributed by atoms with Crippen molar-refractivity contribution in [2.45, 2.75) is 19.9 Å². The maximum Gasteiger partial charge on any atom is 0.261 e. The average Bonchev–Trinajstić information content (AvgIpc) is 2.71. The van der Waals surface area contributed by atoms with Crippen molar-refractivity contribution >= 4 is 16.8 Å². The van der Waals surface area contributed by atoms with Gasteiger partial charge >= 0.3 is 0 Å². The molecule has 0 spiro atoms. The Balaban J connectivity index is 1.64. The van der Waals surface area contributed by atoms with E-state index in [0.717, 1.165) is 5.56 Å². The molecule has 0 fully saturated rings. The molecule has 0 unspecified atom stereocenters.